The lowest BCUT2D eigenvalue weighted by molar-refractivity contribution is -0.134. The van der Waals surface area contributed by atoms with Gasteiger partial charge in [-0.3, -0.25) is 4.79 Å². The summed E-state index contributed by atoms with van der Waals surface area (Å²) in [6.45, 7) is 7.11. The van der Waals surface area contributed by atoms with Crippen LogP contribution >= 0.6 is 0 Å². The fourth-order valence-electron chi connectivity index (χ4n) is 3.82. The van der Waals surface area contributed by atoms with Gasteiger partial charge in [-0.25, -0.2) is 8.42 Å². The molecule has 29 heavy (non-hydrogen) atoms. The van der Waals surface area contributed by atoms with Crippen molar-refractivity contribution in [3.05, 3.63) is 35.9 Å². The second-order valence-corrected chi connectivity index (χ2v) is 9.23. The van der Waals surface area contributed by atoms with Crippen LogP contribution in [-0.4, -0.2) is 69.2 Å². The second kappa shape index (κ2) is 9.84. The molecule has 0 aromatic heterocycles. The molecule has 2 saturated heterocycles. The van der Waals surface area contributed by atoms with Crippen molar-refractivity contribution in [3.8, 4) is 0 Å². The fourth-order valence-corrected chi connectivity index (χ4v) is 5.28. The number of ether oxygens (including phenoxy) is 2. The van der Waals surface area contributed by atoms with Gasteiger partial charge in [0.2, 0.25) is 15.9 Å². The molecule has 1 atom stereocenters. The zero-order valence-electron chi connectivity index (χ0n) is 17.1. The zero-order valence-corrected chi connectivity index (χ0v) is 17.9. The molecule has 7 nitrogen and oxygen atoms in total. The summed E-state index contributed by atoms with van der Waals surface area (Å²) in [5, 5.41) is 0. The molecule has 2 aliphatic rings. The molecule has 1 aromatic carbocycles. The maximum absolute atomic E-state index is 12.6. The Bertz CT molecular complexity index is 812. The van der Waals surface area contributed by atoms with Gasteiger partial charge in [-0.15, -0.1) is 0 Å². The third kappa shape index (κ3) is 5.25. The predicted octanol–water partition coefficient (Wildman–Crippen LogP) is 2.34. The van der Waals surface area contributed by atoms with Gasteiger partial charge >= 0.3 is 0 Å². The van der Waals surface area contributed by atoms with Crippen molar-refractivity contribution in [2.45, 2.75) is 37.9 Å². The average molecular weight is 423 g/mol. The van der Waals surface area contributed by atoms with Crippen molar-refractivity contribution in [2.75, 3.05) is 39.4 Å². The number of sulfonamides is 1. The average Bonchev–Trinajstić information content (AvgIpc) is 3.28. The van der Waals surface area contributed by atoms with E-state index in [2.05, 4.69) is 0 Å². The molecular weight excluding hydrogens is 392 g/mol. The highest BCUT2D eigenvalue weighted by Crippen LogP contribution is 2.25. The van der Waals surface area contributed by atoms with E-state index >= 15 is 0 Å². The summed E-state index contributed by atoms with van der Waals surface area (Å²) in [5.41, 5.74) is 0.785. The molecule has 0 aliphatic carbocycles. The Morgan fingerprint density at radius 3 is 2.45 bits per heavy atom. The van der Waals surface area contributed by atoms with Crippen LogP contribution in [0.3, 0.4) is 0 Å². The number of carbonyl (C=O) groups excluding carboxylic acids is 1. The summed E-state index contributed by atoms with van der Waals surface area (Å²) in [5.74, 6) is 0.167. The molecule has 0 radical (unpaired) electrons. The second-order valence-electron chi connectivity index (χ2n) is 7.29. The van der Waals surface area contributed by atoms with Gasteiger partial charge < -0.3 is 14.4 Å². The smallest absolute Gasteiger partial charge is 0.246 e. The predicted molar refractivity (Wildman–Crippen MR) is 111 cm³/mol. The van der Waals surface area contributed by atoms with E-state index < -0.39 is 10.0 Å². The largest absolute Gasteiger partial charge is 0.350 e. The lowest BCUT2D eigenvalue weighted by atomic mass is 9.97. The van der Waals surface area contributed by atoms with E-state index in [-0.39, 0.29) is 23.0 Å². The van der Waals surface area contributed by atoms with Crippen molar-refractivity contribution < 1.29 is 22.7 Å². The summed E-state index contributed by atoms with van der Waals surface area (Å²) in [4.78, 5) is 14.7. The number of hydrogen-bond acceptors (Lipinski definition) is 5. The van der Waals surface area contributed by atoms with Gasteiger partial charge in [0.15, 0.2) is 6.29 Å². The van der Waals surface area contributed by atoms with Crippen LogP contribution in [0.25, 0.3) is 6.08 Å². The lowest BCUT2D eigenvalue weighted by Gasteiger charge is -2.34. The SMILES string of the molecule is CCN(CC)S(=O)(=O)c1ccc(/C=C/C(=O)N2CCCC(C3OCCO3)C2)cc1. The van der Waals surface area contributed by atoms with Gasteiger partial charge in [-0.1, -0.05) is 26.0 Å². The topological polar surface area (TPSA) is 76.2 Å². The highest BCUT2D eigenvalue weighted by atomic mass is 32.2. The number of hydrogen-bond donors (Lipinski definition) is 0. The Morgan fingerprint density at radius 1 is 1.17 bits per heavy atom. The van der Waals surface area contributed by atoms with Crippen LogP contribution in [-0.2, 0) is 24.3 Å². The maximum Gasteiger partial charge on any atom is 0.246 e. The van der Waals surface area contributed by atoms with E-state index in [1.165, 1.54) is 4.31 Å². The summed E-state index contributed by atoms with van der Waals surface area (Å²) < 4.78 is 37.7. The summed E-state index contributed by atoms with van der Waals surface area (Å²) in [7, 11) is -3.47. The first-order valence-electron chi connectivity index (χ1n) is 10.3. The fraction of sp³-hybridized carbons (Fsp3) is 0.571. The molecule has 0 saturated carbocycles. The number of nitrogens with zero attached hydrogens (tertiary/aromatic N) is 2. The van der Waals surface area contributed by atoms with Gasteiger partial charge in [0, 0.05) is 38.2 Å². The molecule has 160 valence electrons. The Hall–Kier alpha value is -1.74. The molecule has 0 spiro atoms. The first kappa shape index (κ1) is 22.0. The summed E-state index contributed by atoms with van der Waals surface area (Å²) in [6.07, 6.45) is 5.01. The molecule has 0 bridgehead atoms. The van der Waals surface area contributed by atoms with E-state index in [0.717, 1.165) is 24.9 Å². The quantitative estimate of drug-likeness (QED) is 0.631. The number of likely N-dealkylation sites (tertiary alicyclic amines) is 1. The first-order chi connectivity index (χ1) is 14.0. The normalized spacial score (nSPS) is 21.3. The number of benzene rings is 1. The zero-order chi connectivity index (χ0) is 20.9. The van der Waals surface area contributed by atoms with Gasteiger partial charge in [0.25, 0.3) is 0 Å². The third-order valence-electron chi connectivity index (χ3n) is 5.44. The highest BCUT2D eigenvalue weighted by Gasteiger charge is 2.32. The summed E-state index contributed by atoms with van der Waals surface area (Å²) in [6, 6.07) is 6.62. The lowest BCUT2D eigenvalue weighted by Crippen LogP contribution is -2.43. The van der Waals surface area contributed by atoms with Gasteiger partial charge in [-0.2, -0.15) is 4.31 Å². The minimum atomic E-state index is -3.47. The van der Waals surface area contributed by atoms with Crippen LogP contribution in [0.15, 0.2) is 35.2 Å². The molecule has 2 heterocycles. The van der Waals surface area contributed by atoms with Crippen molar-refractivity contribution >= 4 is 22.0 Å². The van der Waals surface area contributed by atoms with Crippen LogP contribution in [0.4, 0.5) is 0 Å². The number of piperidine rings is 1. The molecule has 2 aliphatic heterocycles. The van der Waals surface area contributed by atoms with Crippen LogP contribution in [0.2, 0.25) is 0 Å². The minimum absolute atomic E-state index is 0.0486. The van der Waals surface area contributed by atoms with E-state index in [0.29, 0.717) is 32.8 Å². The van der Waals surface area contributed by atoms with Crippen molar-refractivity contribution in [3.63, 3.8) is 0 Å². The van der Waals surface area contributed by atoms with Crippen LogP contribution in [0.1, 0.15) is 32.3 Å². The Labute approximate surface area is 173 Å². The van der Waals surface area contributed by atoms with E-state index in [9.17, 15) is 13.2 Å². The van der Waals surface area contributed by atoms with Crippen LogP contribution in [0.5, 0.6) is 0 Å². The first-order valence-corrected chi connectivity index (χ1v) is 11.7. The molecule has 3 rings (SSSR count). The highest BCUT2D eigenvalue weighted by molar-refractivity contribution is 7.89. The van der Waals surface area contributed by atoms with Crippen LogP contribution < -0.4 is 0 Å². The molecule has 1 amide bonds. The number of rotatable bonds is 7. The van der Waals surface area contributed by atoms with E-state index in [4.69, 9.17) is 9.47 Å². The van der Waals surface area contributed by atoms with E-state index in [1.807, 2.05) is 18.7 Å². The Balaban J connectivity index is 1.61. The Kier molecular flexibility index (Phi) is 7.45. The van der Waals surface area contributed by atoms with Gasteiger partial charge in [0.05, 0.1) is 18.1 Å². The summed E-state index contributed by atoms with van der Waals surface area (Å²) >= 11 is 0. The molecule has 1 unspecified atom stereocenters. The van der Waals surface area contributed by atoms with Crippen LogP contribution in [0, 0.1) is 5.92 Å². The molecular formula is C21H30N2O5S. The third-order valence-corrected chi connectivity index (χ3v) is 7.51. The van der Waals surface area contributed by atoms with Gasteiger partial charge in [0.1, 0.15) is 0 Å². The van der Waals surface area contributed by atoms with Crippen molar-refractivity contribution in [2.24, 2.45) is 5.92 Å². The Morgan fingerprint density at radius 2 is 1.83 bits per heavy atom. The molecule has 0 N–H and O–H groups in total. The van der Waals surface area contributed by atoms with Crippen molar-refractivity contribution in [1.29, 1.82) is 0 Å². The monoisotopic (exact) mass is 422 g/mol. The van der Waals surface area contributed by atoms with Crippen molar-refractivity contribution in [1.82, 2.24) is 9.21 Å². The molecule has 1 aromatic rings. The molecule has 8 heteroatoms. The molecule has 2 fully saturated rings. The van der Waals surface area contributed by atoms with Gasteiger partial charge in [-0.05, 0) is 36.6 Å². The standard InChI is InChI=1S/C21H30N2O5S/c1-3-23(4-2)29(25,26)19-10-7-17(8-11-19)9-12-20(24)22-13-5-6-18(16-22)21-27-14-15-28-21/h7-12,18,21H,3-6,13-16H2,1-2H3/b12-9+. The number of carbonyl (C=O) groups is 1. The number of amides is 1. The maximum atomic E-state index is 12.6. The van der Waals surface area contributed by atoms with E-state index in [1.54, 1.807) is 36.4 Å². The minimum Gasteiger partial charge on any atom is -0.350 e.